The van der Waals surface area contributed by atoms with Crippen molar-refractivity contribution in [2.45, 2.75) is 19.4 Å². The molecule has 0 saturated carbocycles. The molecule has 0 unspecified atom stereocenters. The molecule has 1 fully saturated rings. The summed E-state index contributed by atoms with van der Waals surface area (Å²) in [7, 11) is -3.25. The van der Waals surface area contributed by atoms with Crippen molar-refractivity contribution in [3.8, 4) is 0 Å². The molecule has 0 bridgehead atoms. The van der Waals surface area contributed by atoms with Gasteiger partial charge in [0.2, 0.25) is 10.0 Å². The van der Waals surface area contributed by atoms with Crippen molar-refractivity contribution in [1.82, 2.24) is 9.62 Å². The number of hydrogen-bond acceptors (Lipinski definition) is 4. The number of morpholine rings is 1. The van der Waals surface area contributed by atoms with Crippen LogP contribution in [0.5, 0.6) is 0 Å². The molecule has 1 aliphatic rings. The van der Waals surface area contributed by atoms with Gasteiger partial charge in [0.05, 0.1) is 26.0 Å². The van der Waals surface area contributed by atoms with Crippen molar-refractivity contribution in [1.29, 1.82) is 0 Å². The van der Waals surface area contributed by atoms with Crippen LogP contribution in [0, 0.1) is 0 Å². The van der Waals surface area contributed by atoms with Gasteiger partial charge in [0.1, 0.15) is 0 Å². The van der Waals surface area contributed by atoms with Crippen molar-refractivity contribution >= 4 is 16.0 Å². The molecule has 7 nitrogen and oxygen atoms in total. The number of nitrogens with zero attached hydrogens (tertiary/aromatic N) is 2. The summed E-state index contributed by atoms with van der Waals surface area (Å²) >= 11 is 0. The Labute approximate surface area is 108 Å². The lowest BCUT2D eigenvalue weighted by Gasteiger charge is -2.29. The zero-order valence-electron chi connectivity index (χ0n) is 11.1. The van der Waals surface area contributed by atoms with E-state index < -0.39 is 15.6 Å². The maximum Gasteiger partial charge on any atom is 0.209 e. The number of nitrogens with two attached hydrogens (primary N) is 1. The van der Waals surface area contributed by atoms with Crippen molar-refractivity contribution in [2.24, 2.45) is 10.7 Å². The molecule has 18 heavy (non-hydrogen) atoms. The Bertz CT molecular complexity index is 399. The van der Waals surface area contributed by atoms with E-state index in [1.165, 1.54) is 0 Å². The van der Waals surface area contributed by atoms with Crippen LogP contribution in [-0.4, -0.2) is 63.9 Å². The lowest BCUT2D eigenvalue weighted by molar-refractivity contribution is 0.0674. The second kappa shape index (κ2) is 5.85. The maximum absolute atomic E-state index is 11.2. The molecule has 0 aromatic carbocycles. The van der Waals surface area contributed by atoms with Gasteiger partial charge in [-0.3, -0.25) is 4.99 Å². The molecule has 8 heteroatoms. The zero-order chi connectivity index (χ0) is 13.8. The molecular weight excluding hydrogens is 256 g/mol. The molecule has 0 radical (unpaired) electrons. The topological polar surface area (TPSA) is 97.0 Å². The molecule has 1 rings (SSSR count). The predicted octanol–water partition coefficient (Wildman–Crippen LogP) is -1.04. The van der Waals surface area contributed by atoms with Crippen LogP contribution in [0.2, 0.25) is 0 Å². The summed E-state index contributed by atoms with van der Waals surface area (Å²) in [6, 6.07) is 0. The van der Waals surface area contributed by atoms with E-state index in [-0.39, 0.29) is 0 Å². The highest BCUT2D eigenvalue weighted by atomic mass is 32.2. The van der Waals surface area contributed by atoms with Gasteiger partial charge < -0.3 is 15.4 Å². The van der Waals surface area contributed by atoms with Crippen molar-refractivity contribution in [3.05, 3.63) is 0 Å². The molecule has 0 aliphatic carbocycles. The summed E-state index contributed by atoms with van der Waals surface area (Å²) in [5, 5.41) is 0. The van der Waals surface area contributed by atoms with E-state index in [2.05, 4.69) is 9.71 Å². The van der Waals surface area contributed by atoms with Gasteiger partial charge in [-0.15, -0.1) is 0 Å². The summed E-state index contributed by atoms with van der Waals surface area (Å²) in [6.07, 6.45) is 1.13. The Kier molecular flexibility index (Phi) is 4.94. The molecule has 1 heterocycles. The van der Waals surface area contributed by atoms with Gasteiger partial charge in [-0.05, 0) is 13.8 Å². The normalized spacial score (nSPS) is 19.1. The fraction of sp³-hybridized carbons (Fsp3) is 0.900. The van der Waals surface area contributed by atoms with Crippen LogP contribution in [0.15, 0.2) is 4.99 Å². The molecule has 106 valence electrons. The Morgan fingerprint density at radius 2 is 2.00 bits per heavy atom. The molecule has 1 saturated heterocycles. The lowest BCUT2D eigenvalue weighted by Crippen LogP contribution is -2.48. The van der Waals surface area contributed by atoms with Gasteiger partial charge in [0.15, 0.2) is 5.96 Å². The average molecular weight is 278 g/mol. The third-order valence-electron chi connectivity index (χ3n) is 2.43. The van der Waals surface area contributed by atoms with E-state index in [0.29, 0.717) is 25.7 Å². The number of hydrogen-bond donors (Lipinski definition) is 2. The Morgan fingerprint density at radius 1 is 1.44 bits per heavy atom. The standard InChI is InChI=1S/C10H22N4O3S/c1-10(2,13-18(3,15)16)8-12-9(11)14-4-6-17-7-5-14/h13H,4-8H2,1-3H3,(H2,11,12). The van der Waals surface area contributed by atoms with Crippen LogP contribution in [0.4, 0.5) is 0 Å². The molecule has 0 aromatic heterocycles. The second-order valence-electron chi connectivity index (χ2n) is 5.03. The monoisotopic (exact) mass is 278 g/mol. The minimum atomic E-state index is -3.25. The summed E-state index contributed by atoms with van der Waals surface area (Å²) in [4.78, 5) is 6.17. The van der Waals surface area contributed by atoms with E-state index >= 15 is 0 Å². The summed E-state index contributed by atoms with van der Waals surface area (Å²) in [5.74, 6) is 0.432. The molecule has 0 aromatic rings. The first kappa shape index (κ1) is 15.2. The van der Waals surface area contributed by atoms with Gasteiger partial charge in [-0.25, -0.2) is 13.1 Å². The Morgan fingerprint density at radius 3 is 2.50 bits per heavy atom. The van der Waals surface area contributed by atoms with Crippen LogP contribution in [0.25, 0.3) is 0 Å². The minimum absolute atomic E-state index is 0.295. The smallest absolute Gasteiger partial charge is 0.209 e. The quantitative estimate of drug-likeness (QED) is 0.506. The fourth-order valence-corrected chi connectivity index (χ4v) is 2.77. The van der Waals surface area contributed by atoms with Gasteiger partial charge in [0.25, 0.3) is 0 Å². The van der Waals surface area contributed by atoms with Crippen LogP contribution in [0.1, 0.15) is 13.8 Å². The number of aliphatic imine (C=N–C) groups is 1. The number of guanidine groups is 1. The molecular formula is C10H22N4O3S. The first-order valence-electron chi connectivity index (χ1n) is 5.81. The van der Waals surface area contributed by atoms with Crippen molar-refractivity contribution in [3.63, 3.8) is 0 Å². The number of ether oxygens (including phenoxy) is 1. The lowest BCUT2D eigenvalue weighted by atomic mass is 10.1. The first-order chi connectivity index (χ1) is 8.20. The van der Waals surface area contributed by atoms with Gasteiger partial charge in [-0.1, -0.05) is 0 Å². The molecule has 0 amide bonds. The van der Waals surface area contributed by atoms with Gasteiger partial charge in [-0.2, -0.15) is 0 Å². The van der Waals surface area contributed by atoms with E-state index in [1.807, 2.05) is 4.90 Å². The maximum atomic E-state index is 11.2. The number of rotatable bonds is 4. The largest absolute Gasteiger partial charge is 0.378 e. The summed E-state index contributed by atoms with van der Waals surface area (Å²) in [5.41, 5.74) is 5.21. The summed E-state index contributed by atoms with van der Waals surface area (Å²) in [6.45, 7) is 6.55. The highest BCUT2D eigenvalue weighted by Crippen LogP contribution is 2.05. The SMILES string of the molecule is CC(C)(CN=C(N)N1CCOCC1)NS(C)(=O)=O. The molecule has 0 atom stereocenters. The highest BCUT2D eigenvalue weighted by molar-refractivity contribution is 7.88. The van der Waals surface area contributed by atoms with Crippen LogP contribution in [0.3, 0.4) is 0 Å². The Balaban J connectivity index is 2.55. The molecule has 0 spiro atoms. The van der Waals surface area contributed by atoms with Crippen molar-refractivity contribution in [2.75, 3.05) is 39.1 Å². The van der Waals surface area contributed by atoms with E-state index in [9.17, 15) is 8.42 Å². The third kappa shape index (κ3) is 5.65. The van der Waals surface area contributed by atoms with E-state index in [4.69, 9.17) is 10.5 Å². The summed E-state index contributed by atoms with van der Waals surface area (Å²) < 4.78 is 30.1. The minimum Gasteiger partial charge on any atom is -0.378 e. The third-order valence-corrected chi connectivity index (χ3v) is 3.36. The van der Waals surface area contributed by atoms with Crippen LogP contribution >= 0.6 is 0 Å². The van der Waals surface area contributed by atoms with Crippen molar-refractivity contribution < 1.29 is 13.2 Å². The number of nitrogens with one attached hydrogen (secondary N) is 1. The van der Waals surface area contributed by atoms with Gasteiger partial charge in [0, 0.05) is 18.6 Å². The molecule has 1 aliphatic heterocycles. The Hall–Kier alpha value is -0.860. The number of sulfonamides is 1. The zero-order valence-corrected chi connectivity index (χ0v) is 12.0. The van der Waals surface area contributed by atoms with E-state index in [1.54, 1.807) is 13.8 Å². The second-order valence-corrected chi connectivity index (χ2v) is 6.78. The van der Waals surface area contributed by atoms with E-state index in [0.717, 1.165) is 19.3 Å². The first-order valence-corrected chi connectivity index (χ1v) is 7.70. The van der Waals surface area contributed by atoms with Crippen LogP contribution < -0.4 is 10.5 Å². The predicted molar refractivity (Wildman–Crippen MR) is 70.9 cm³/mol. The average Bonchev–Trinajstić information content (AvgIpc) is 2.24. The molecule has 3 N–H and O–H groups in total. The highest BCUT2D eigenvalue weighted by Gasteiger charge is 2.22. The van der Waals surface area contributed by atoms with Gasteiger partial charge >= 0.3 is 0 Å². The van der Waals surface area contributed by atoms with Crippen LogP contribution in [-0.2, 0) is 14.8 Å². The fourth-order valence-electron chi connectivity index (χ4n) is 1.71.